The highest BCUT2D eigenvalue weighted by molar-refractivity contribution is 9.10. The highest BCUT2D eigenvalue weighted by Crippen LogP contribution is 2.35. The smallest absolute Gasteiger partial charge is 0.490 e. The van der Waals surface area contributed by atoms with Crippen molar-refractivity contribution in [3.63, 3.8) is 0 Å². The zero-order valence-corrected chi connectivity index (χ0v) is 19.5. The summed E-state index contributed by atoms with van der Waals surface area (Å²) in [6.45, 7) is 0.791. The molecule has 1 atom stereocenters. The highest BCUT2D eigenvalue weighted by atomic mass is 79.9. The average molecular weight is 540 g/mol. The van der Waals surface area contributed by atoms with E-state index in [0.29, 0.717) is 13.1 Å². The van der Waals surface area contributed by atoms with E-state index in [1.54, 1.807) is 12.0 Å². The minimum absolute atomic E-state index is 0.108. The lowest BCUT2D eigenvalue weighted by Gasteiger charge is -2.25. The van der Waals surface area contributed by atoms with Crippen molar-refractivity contribution in [2.24, 2.45) is 5.73 Å². The second kappa shape index (κ2) is 10.3. The molecule has 0 aromatic heterocycles. The van der Waals surface area contributed by atoms with Crippen LogP contribution in [0.5, 0.6) is 5.75 Å². The number of halogens is 4. The molecule has 11 heteroatoms. The number of hydrogen-bond acceptors (Lipinski definition) is 5. The number of carboxylic acid groups (broad SMARTS) is 1. The zero-order chi connectivity index (χ0) is 25.0. The predicted octanol–water partition coefficient (Wildman–Crippen LogP) is 4.53. The van der Waals surface area contributed by atoms with Gasteiger partial charge >= 0.3 is 12.1 Å². The Bertz CT molecular complexity index is 1220. The number of carbonyl (C=O) groups is 2. The Morgan fingerprint density at radius 2 is 1.91 bits per heavy atom. The first-order chi connectivity index (χ1) is 16.0. The third kappa shape index (κ3) is 5.60. The third-order valence-electron chi connectivity index (χ3n) is 5.12. The van der Waals surface area contributed by atoms with Crippen LogP contribution in [-0.4, -0.2) is 42.9 Å². The SMILES string of the molecule is COc1ccc2cc(Br)ccc2c1CN1C(=O)[C@@H](N)CNc2ccccc21.O=C(O)C(F)(F)F. The molecular formula is C23H21BrF3N3O4. The van der Waals surface area contributed by atoms with Gasteiger partial charge < -0.3 is 25.8 Å². The monoisotopic (exact) mass is 539 g/mol. The van der Waals surface area contributed by atoms with E-state index < -0.39 is 18.2 Å². The van der Waals surface area contributed by atoms with E-state index in [-0.39, 0.29) is 5.91 Å². The van der Waals surface area contributed by atoms with Crippen LogP contribution in [-0.2, 0) is 16.1 Å². The van der Waals surface area contributed by atoms with Gasteiger partial charge in [0.2, 0.25) is 5.91 Å². The molecule has 0 saturated carbocycles. The van der Waals surface area contributed by atoms with E-state index in [4.69, 9.17) is 20.4 Å². The molecule has 0 aliphatic carbocycles. The van der Waals surface area contributed by atoms with Crippen molar-refractivity contribution in [3.8, 4) is 5.75 Å². The predicted molar refractivity (Wildman–Crippen MR) is 126 cm³/mol. The van der Waals surface area contributed by atoms with Gasteiger partial charge in [-0.25, -0.2) is 4.79 Å². The molecule has 4 N–H and O–H groups in total. The zero-order valence-electron chi connectivity index (χ0n) is 17.9. The molecule has 4 rings (SSSR count). The molecule has 3 aromatic carbocycles. The summed E-state index contributed by atoms with van der Waals surface area (Å²) in [4.78, 5) is 23.7. The Balaban J connectivity index is 0.000000406. The van der Waals surface area contributed by atoms with Gasteiger partial charge in [-0.05, 0) is 41.1 Å². The van der Waals surface area contributed by atoms with Crippen LogP contribution in [0.1, 0.15) is 5.56 Å². The molecule has 7 nitrogen and oxygen atoms in total. The van der Waals surface area contributed by atoms with E-state index >= 15 is 0 Å². The van der Waals surface area contributed by atoms with Crippen LogP contribution in [0, 0.1) is 0 Å². The summed E-state index contributed by atoms with van der Waals surface area (Å²) in [6, 6.07) is 17.2. The number of methoxy groups -OCH3 is 1. The maximum Gasteiger partial charge on any atom is 0.490 e. The number of rotatable bonds is 3. The van der Waals surface area contributed by atoms with Crippen LogP contribution in [0.2, 0.25) is 0 Å². The van der Waals surface area contributed by atoms with E-state index in [1.165, 1.54) is 0 Å². The number of nitrogens with two attached hydrogens (primary N) is 1. The quantitative estimate of drug-likeness (QED) is 0.451. The van der Waals surface area contributed by atoms with Crippen molar-refractivity contribution in [1.82, 2.24) is 0 Å². The second-order valence-electron chi connectivity index (χ2n) is 7.34. The molecule has 1 aliphatic rings. The molecule has 0 spiro atoms. The van der Waals surface area contributed by atoms with Crippen LogP contribution in [0.3, 0.4) is 0 Å². The number of carboxylic acids is 1. The van der Waals surface area contributed by atoms with Crippen LogP contribution >= 0.6 is 15.9 Å². The first-order valence-electron chi connectivity index (χ1n) is 9.98. The Labute approximate surface area is 201 Å². The highest BCUT2D eigenvalue weighted by Gasteiger charge is 2.38. The number of ether oxygens (including phenoxy) is 1. The molecular weight excluding hydrogens is 519 g/mol. The summed E-state index contributed by atoms with van der Waals surface area (Å²) in [7, 11) is 1.65. The van der Waals surface area contributed by atoms with Crippen molar-refractivity contribution < 1.29 is 32.6 Å². The van der Waals surface area contributed by atoms with Crippen LogP contribution in [0.4, 0.5) is 24.5 Å². The lowest BCUT2D eigenvalue weighted by molar-refractivity contribution is -0.192. The van der Waals surface area contributed by atoms with Gasteiger partial charge in [-0.2, -0.15) is 13.2 Å². The normalized spacial score (nSPS) is 15.5. The van der Waals surface area contributed by atoms with E-state index in [2.05, 4.69) is 27.3 Å². The van der Waals surface area contributed by atoms with E-state index in [1.807, 2.05) is 48.5 Å². The number of hydrogen-bond donors (Lipinski definition) is 3. The fourth-order valence-electron chi connectivity index (χ4n) is 3.51. The number of nitrogens with zero attached hydrogens (tertiary/aromatic N) is 1. The number of nitrogens with one attached hydrogen (secondary N) is 1. The first kappa shape index (κ1) is 25.3. The molecule has 180 valence electrons. The first-order valence-corrected chi connectivity index (χ1v) is 10.8. The molecule has 1 heterocycles. The molecule has 0 radical (unpaired) electrons. The van der Waals surface area contributed by atoms with Gasteiger partial charge in [0.05, 0.1) is 25.0 Å². The van der Waals surface area contributed by atoms with E-state index in [9.17, 15) is 18.0 Å². The largest absolute Gasteiger partial charge is 0.496 e. The summed E-state index contributed by atoms with van der Waals surface area (Å²) in [6.07, 6.45) is -5.08. The second-order valence-corrected chi connectivity index (χ2v) is 8.26. The topological polar surface area (TPSA) is 105 Å². The lowest BCUT2D eigenvalue weighted by Crippen LogP contribution is -2.45. The summed E-state index contributed by atoms with van der Waals surface area (Å²) in [5, 5.41) is 12.5. The molecule has 3 aromatic rings. The number of benzene rings is 3. The average Bonchev–Trinajstić information content (AvgIpc) is 2.91. The summed E-state index contributed by atoms with van der Waals surface area (Å²) < 4.78 is 38.4. The van der Waals surface area contributed by atoms with E-state index in [0.717, 1.165) is 37.9 Å². The maximum absolute atomic E-state index is 13.0. The Kier molecular flexibility index (Phi) is 7.68. The molecule has 34 heavy (non-hydrogen) atoms. The molecule has 0 fully saturated rings. The van der Waals surface area contributed by atoms with Crippen molar-refractivity contribution in [3.05, 3.63) is 64.6 Å². The van der Waals surface area contributed by atoms with Gasteiger partial charge in [0, 0.05) is 16.6 Å². The molecule has 0 unspecified atom stereocenters. The van der Waals surface area contributed by atoms with Crippen molar-refractivity contribution in [2.45, 2.75) is 18.8 Å². The number of anilines is 2. The van der Waals surface area contributed by atoms with Crippen LogP contribution in [0.25, 0.3) is 10.8 Å². The number of carbonyl (C=O) groups excluding carboxylic acids is 1. The minimum Gasteiger partial charge on any atom is -0.496 e. The van der Waals surface area contributed by atoms with Gasteiger partial charge in [0.15, 0.2) is 0 Å². The minimum atomic E-state index is -5.08. The van der Waals surface area contributed by atoms with Gasteiger partial charge in [-0.3, -0.25) is 4.79 Å². The molecule has 1 amide bonds. The van der Waals surface area contributed by atoms with Gasteiger partial charge in [0.1, 0.15) is 11.8 Å². The summed E-state index contributed by atoms with van der Waals surface area (Å²) in [5.41, 5.74) is 8.80. The number of para-hydroxylation sites is 2. The van der Waals surface area contributed by atoms with Crippen molar-refractivity contribution in [2.75, 3.05) is 23.9 Å². The lowest BCUT2D eigenvalue weighted by atomic mass is 10.0. The standard InChI is InChI=1S/C21H20BrN3O2.C2HF3O2/c1-27-20-9-6-13-10-14(22)7-8-15(13)16(20)12-25-19-5-3-2-4-18(19)24-11-17(23)21(25)26;3-2(4,5)1(6)7/h2-10,17,24H,11-12,23H2,1H3;(H,6,7)/t17-;/m0./s1. The molecule has 1 aliphatic heterocycles. The number of fused-ring (bicyclic) bond motifs is 2. The maximum atomic E-state index is 13.0. The van der Waals surface area contributed by atoms with Gasteiger partial charge in [-0.15, -0.1) is 0 Å². The Morgan fingerprint density at radius 1 is 1.24 bits per heavy atom. The van der Waals surface area contributed by atoms with Crippen LogP contribution < -0.4 is 20.7 Å². The number of aliphatic carboxylic acids is 1. The van der Waals surface area contributed by atoms with Crippen LogP contribution in [0.15, 0.2) is 59.1 Å². The van der Waals surface area contributed by atoms with Crippen molar-refractivity contribution in [1.29, 1.82) is 0 Å². The van der Waals surface area contributed by atoms with Crippen molar-refractivity contribution >= 4 is 50.0 Å². The molecule has 0 saturated heterocycles. The molecule has 0 bridgehead atoms. The fourth-order valence-corrected chi connectivity index (χ4v) is 3.88. The summed E-state index contributed by atoms with van der Waals surface area (Å²) >= 11 is 3.52. The Hall–Kier alpha value is -3.31. The van der Waals surface area contributed by atoms with Gasteiger partial charge in [0.25, 0.3) is 0 Å². The fraction of sp³-hybridized carbons (Fsp3) is 0.217. The Morgan fingerprint density at radius 3 is 2.56 bits per heavy atom. The van der Waals surface area contributed by atoms with Gasteiger partial charge in [-0.1, -0.05) is 40.2 Å². The number of amides is 1. The number of alkyl halides is 3. The third-order valence-corrected chi connectivity index (χ3v) is 5.61. The summed E-state index contributed by atoms with van der Waals surface area (Å²) in [5.74, 6) is -2.11.